The van der Waals surface area contributed by atoms with Crippen molar-refractivity contribution in [2.75, 3.05) is 6.61 Å². The first-order chi connectivity index (χ1) is 15.3. The van der Waals surface area contributed by atoms with Crippen LogP contribution < -0.4 is 4.74 Å². The minimum Gasteiger partial charge on any atom is -0.491 e. The molecule has 0 heterocycles. The third-order valence-electron chi connectivity index (χ3n) is 6.37. The van der Waals surface area contributed by atoms with E-state index >= 15 is 0 Å². The zero-order valence-electron chi connectivity index (χ0n) is 18.9. The van der Waals surface area contributed by atoms with E-state index in [0.717, 1.165) is 18.4 Å². The molecule has 32 heavy (non-hydrogen) atoms. The number of rotatable bonds is 8. The molecule has 1 aliphatic carbocycles. The van der Waals surface area contributed by atoms with Gasteiger partial charge in [0.15, 0.2) is 17.7 Å². The average molecular weight is 449 g/mol. The summed E-state index contributed by atoms with van der Waals surface area (Å²) >= 11 is 0. The normalized spacial score (nSPS) is 20.4. The van der Waals surface area contributed by atoms with Crippen LogP contribution in [0.3, 0.4) is 0 Å². The van der Waals surface area contributed by atoms with Crippen molar-refractivity contribution in [2.45, 2.75) is 71.1 Å². The van der Waals surface area contributed by atoms with Gasteiger partial charge in [-0.3, -0.25) is 0 Å². The summed E-state index contributed by atoms with van der Waals surface area (Å²) < 4.78 is 53.2. The van der Waals surface area contributed by atoms with Crippen molar-refractivity contribution in [1.82, 2.24) is 0 Å². The molecular formula is C26H31F3O3. The van der Waals surface area contributed by atoms with Crippen molar-refractivity contribution in [3.63, 3.8) is 0 Å². The number of carbonyl (C=O) groups is 1. The maximum Gasteiger partial charge on any atom is 0.341 e. The lowest BCUT2D eigenvalue weighted by atomic mass is 9.82. The van der Waals surface area contributed by atoms with Crippen LogP contribution in [0.15, 0.2) is 36.4 Å². The highest BCUT2D eigenvalue weighted by molar-refractivity contribution is 5.75. The molecule has 6 heteroatoms. The number of alkyl halides is 1. The predicted octanol–water partition coefficient (Wildman–Crippen LogP) is 6.98. The van der Waals surface area contributed by atoms with Crippen LogP contribution in [0.5, 0.6) is 5.75 Å². The molecule has 0 aliphatic heterocycles. The smallest absolute Gasteiger partial charge is 0.341 e. The molecule has 0 amide bonds. The largest absolute Gasteiger partial charge is 0.491 e. The second-order valence-electron chi connectivity index (χ2n) is 8.49. The van der Waals surface area contributed by atoms with Crippen molar-refractivity contribution in [1.29, 1.82) is 0 Å². The highest BCUT2D eigenvalue weighted by Crippen LogP contribution is 2.36. The number of hydrogen-bond acceptors (Lipinski definition) is 3. The topological polar surface area (TPSA) is 35.5 Å². The Kier molecular flexibility index (Phi) is 8.21. The van der Waals surface area contributed by atoms with Crippen LogP contribution in [0.25, 0.3) is 11.1 Å². The highest BCUT2D eigenvalue weighted by atomic mass is 19.2. The van der Waals surface area contributed by atoms with E-state index in [-0.39, 0.29) is 35.9 Å². The van der Waals surface area contributed by atoms with E-state index < -0.39 is 23.8 Å². The molecule has 2 aromatic carbocycles. The van der Waals surface area contributed by atoms with Crippen molar-refractivity contribution < 1.29 is 27.4 Å². The number of ether oxygens (including phenoxy) is 2. The molecule has 1 fully saturated rings. The van der Waals surface area contributed by atoms with E-state index in [1.54, 1.807) is 26.0 Å². The van der Waals surface area contributed by atoms with Crippen LogP contribution in [0.4, 0.5) is 13.2 Å². The minimum absolute atomic E-state index is 0.0916. The Hall–Kier alpha value is -2.50. The molecule has 2 aromatic rings. The van der Waals surface area contributed by atoms with Crippen LogP contribution in [0.2, 0.25) is 0 Å². The third-order valence-corrected chi connectivity index (χ3v) is 6.37. The Morgan fingerprint density at radius 2 is 1.66 bits per heavy atom. The summed E-state index contributed by atoms with van der Waals surface area (Å²) in [6.07, 6.45) is 1.78. The maximum atomic E-state index is 14.5. The van der Waals surface area contributed by atoms with Crippen molar-refractivity contribution >= 4 is 5.97 Å². The standard InChI is InChI=1S/C26H31F3O3/c1-4-16(3)23(27)26(30)32-20-12-10-18(11-13-20)17-6-8-19(9-7-17)21-14-15-22(31-5-2)25(29)24(21)28/h6-9,14-16,18,20,23H,4-5,10-13H2,1-3H3/t16-,18?,20?,23+/m0/s1. The lowest BCUT2D eigenvalue weighted by molar-refractivity contribution is -0.158. The van der Waals surface area contributed by atoms with Gasteiger partial charge < -0.3 is 9.47 Å². The SMILES string of the molecule is CCOc1ccc(-c2ccc(C3CCC(OC(=O)[C@H](F)[C@@H](C)CC)CC3)cc2)c(F)c1F. The van der Waals surface area contributed by atoms with Gasteiger partial charge in [-0.05, 0) is 67.7 Å². The number of hydrogen-bond donors (Lipinski definition) is 0. The van der Waals surface area contributed by atoms with Crippen molar-refractivity contribution in [2.24, 2.45) is 5.92 Å². The first-order valence-corrected chi connectivity index (χ1v) is 11.4. The second-order valence-corrected chi connectivity index (χ2v) is 8.49. The van der Waals surface area contributed by atoms with Gasteiger partial charge in [0.25, 0.3) is 0 Å². The molecule has 1 saturated carbocycles. The van der Waals surface area contributed by atoms with Crippen LogP contribution in [0.1, 0.15) is 64.4 Å². The van der Waals surface area contributed by atoms with Crippen molar-refractivity contribution in [3.05, 3.63) is 53.6 Å². The fourth-order valence-corrected chi connectivity index (χ4v) is 4.14. The van der Waals surface area contributed by atoms with E-state index in [9.17, 15) is 18.0 Å². The van der Waals surface area contributed by atoms with E-state index in [4.69, 9.17) is 9.47 Å². The van der Waals surface area contributed by atoms with E-state index in [1.807, 2.05) is 19.1 Å². The van der Waals surface area contributed by atoms with E-state index in [2.05, 4.69) is 0 Å². The summed E-state index contributed by atoms with van der Waals surface area (Å²) in [6.45, 7) is 5.53. The monoisotopic (exact) mass is 448 g/mol. The third kappa shape index (κ3) is 5.45. The Bertz CT molecular complexity index is 905. The second kappa shape index (κ2) is 10.9. The zero-order chi connectivity index (χ0) is 23.3. The molecule has 0 spiro atoms. The van der Waals surface area contributed by atoms with Gasteiger partial charge in [0, 0.05) is 5.56 Å². The summed E-state index contributed by atoms with van der Waals surface area (Å²) in [6, 6.07) is 10.4. The number of carbonyl (C=O) groups excluding carboxylic acids is 1. The summed E-state index contributed by atoms with van der Waals surface area (Å²) in [4.78, 5) is 12.0. The van der Waals surface area contributed by atoms with Gasteiger partial charge in [0.1, 0.15) is 6.10 Å². The molecule has 0 bridgehead atoms. The molecule has 0 aromatic heterocycles. The van der Waals surface area contributed by atoms with Crippen molar-refractivity contribution in [3.8, 4) is 16.9 Å². The lowest BCUT2D eigenvalue weighted by Crippen LogP contribution is -2.31. The van der Waals surface area contributed by atoms with Gasteiger partial charge in [0.05, 0.1) is 6.61 Å². The van der Waals surface area contributed by atoms with Gasteiger partial charge in [-0.25, -0.2) is 13.6 Å². The number of esters is 1. The minimum atomic E-state index is -1.57. The molecule has 0 saturated heterocycles. The molecule has 1 aliphatic rings. The first-order valence-electron chi connectivity index (χ1n) is 11.4. The molecule has 174 valence electrons. The van der Waals surface area contributed by atoms with Gasteiger partial charge in [-0.1, -0.05) is 44.5 Å². The lowest BCUT2D eigenvalue weighted by Gasteiger charge is -2.29. The summed E-state index contributed by atoms with van der Waals surface area (Å²) in [5.74, 6) is -2.80. The van der Waals surface area contributed by atoms with Crippen LogP contribution >= 0.6 is 0 Å². The zero-order valence-corrected chi connectivity index (χ0v) is 18.9. The maximum absolute atomic E-state index is 14.5. The Morgan fingerprint density at radius 3 is 2.25 bits per heavy atom. The average Bonchev–Trinajstić information content (AvgIpc) is 2.82. The molecular weight excluding hydrogens is 417 g/mol. The van der Waals surface area contributed by atoms with Crippen LogP contribution in [0, 0.1) is 17.6 Å². The molecule has 3 nitrogen and oxygen atoms in total. The Balaban J connectivity index is 1.60. The predicted molar refractivity (Wildman–Crippen MR) is 118 cm³/mol. The molecule has 3 rings (SSSR count). The van der Waals surface area contributed by atoms with Gasteiger partial charge >= 0.3 is 5.97 Å². The Labute approximate surface area is 187 Å². The number of benzene rings is 2. The summed E-state index contributed by atoms with van der Waals surface area (Å²) in [5.41, 5.74) is 1.89. The molecule has 2 atom stereocenters. The van der Waals surface area contributed by atoms with Gasteiger partial charge in [0.2, 0.25) is 5.82 Å². The molecule has 0 N–H and O–H groups in total. The highest BCUT2D eigenvalue weighted by Gasteiger charge is 2.30. The fourth-order valence-electron chi connectivity index (χ4n) is 4.14. The summed E-state index contributed by atoms with van der Waals surface area (Å²) in [7, 11) is 0. The van der Waals surface area contributed by atoms with Crippen LogP contribution in [-0.2, 0) is 9.53 Å². The van der Waals surface area contributed by atoms with Crippen LogP contribution in [-0.4, -0.2) is 24.9 Å². The fraction of sp³-hybridized carbons (Fsp3) is 0.500. The molecule has 0 radical (unpaired) electrons. The van der Waals surface area contributed by atoms with E-state index in [0.29, 0.717) is 24.8 Å². The van der Waals surface area contributed by atoms with Gasteiger partial charge in [-0.15, -0.1) is 0 Å². The molecule has 0 unspecified atom stereocenters. The quantitative estimate of drug-likeness (QED) is 0.409. The first kappa shape index (κ1) is 24.1. The number of halogens is 3. The Morgan fingerprint density at radius 1 is 1.00 bits per heavy atom. The van der Waals surface area contributed by atoms with Gasteiger partial charge in [-0.2, -0.15) is 4.39 Å². The van der Waals surface area contributed by atoms with E-state index in [1.165, 1.54) is 12.1 Å². The summed E-state index contributed by atoms with van der Waals surface area (Å²) in [5, 5.41) is 0.